The Kier molecular flexibility index (Phi) is 6.80. The molecule has 6 heteroatoms. The molecule has 2 aliphatic heterocycles. The summed E-state index contributed by atoms with van der Waals surface area (Å²) in [5, 5.41) is 0. The molecule has 6 nitrogen and oxygen atoms in total. The first-order valence-corrected chi connectivity index (χ1v) is 11.6. The molecule has 2 aliphatic rings. The third-order valence-corrected chi connectivity index (χ3v) is 6.85. The number of ether oxygens (including phenoxy) is 1. The van der Waals surface area contributed by atoms with Gasteiger partial charge in [-0.3, -0.25) is 14.6 Å². The first kappa shape index (κ1) is 22.3. The first-order chi connectivity index (χ1) is 15.6. The van der Waals surface area contributed by atoms with E-state index in [1.54, 1.807) is 7.11 Å². The number of aryl methyl sites for hydroxylation is 1. The van der Waals surface area contributed by atoms with Crippen LogP contribution < -0.4 is 4.74 Å². The minimum atomic E-state index is -0.677. The fourth-order valence-corrected chi connectivity index (χ4v) is 5.10. The van der Waals surface area contributed by atoms with E-state index in [2.05, 4.69) is 29.2 Å². The Morgan fingerprint density at radius 3 is 2.38 bits per heavy atom. The van der Waals surface area contributed by atoms with E-state index in [-0.39, 0.29) is 11.9 Å². The molecular weight excluding hydrogens is 402 g/mol. The topological polar surface area (TPSA) is 53.1 Å². The number of methoxy groups -OCH3 is 1. The third-order valence-electron chi connectivity index (χ3n) is 6.85. The van der Waals surface area contributed by atoms with Gasteiger partial charge in [0.2, 0.25) is 0 Å². The standard InChI is InChI=1S/C26H33N3O3/c1-3-29-25(31)28(16-8-12-21-9-5-4-6-10-21)24(30)26(29)14-17-27(18-15-26)20-22-11-7-13-23(19-22)32-2/h4-7,9-11,13,19H,3,8,12,14-18,20H2,1-2H3. The number of carbonyl (C=O) groups excluding carboxylic acids is 2. The lowest BCUT2D eigenvalue weighted by molar-refractivity contribution is -0.135. The second-order valence-electron chi connectivity index (χ2n) is 8.73. The summed E-state index contributed by atoms with van der Waals surface area (Å²) in [6.45, 7) is 5.44. The second-order valence-corrected chi connectivity index (χ2v) is 8.73. The summed E-state index contributed by atoms with van der Waals surface area (Å²) in [6.07, 6.45) is 3.03. The van der Waals surface area contributed by atoms with Gasteiger partial charge in [0.15, 0.2) is 0 Å². The molecule has 0 N–H and O–H groups in total. The van der Waals surface area contributed by atoms with Crippen molar-refractivity contribution in [1.82, 2.24) is 14.7 Å². The first-order valence-electron chi connectivity index (χ1n) is 11.6. The summed E-state index contributed by atoms with van der Waals surface area (Å²) in [5.74, 6) is 0.856. The lowest BCUT2D eigenvalue weighted by Gasteiger charge is -2.42. The number of likely N-dealkylation sites (tertiary alicyclic amines) is 1. The molecule has 0 unspecified atom stereocenters. The number of rotatable bonds is 8. The SMILES string of the molecule is CCN1C(=O)N(CCCc2ccccc2)C(=O)C12CCN(Cc1cccc(OC)c1)CC2. The number of imide groups is 1. The predicted molar refractivity (Wildman–Crippen MR) is 124 cm³/mol. The second kappa shape index (κ2) is 9.74. The molecular formula is C26H33N3O3. The van der Waals surface area contributed by atoms with E-state index in [0.29, 0.717) is 25.9 Å². The van der Waals surface area contributed by atoms with Gasteiger partial charge >= 0.3 is 6.03 Å². The molecule has 170 valence electrons. The van der Waals surface area contributed by atoms with Crippen molar-refractivity contribution in [3.05, 3.63) is 65.7 Å². The van der Waals surface area contributed by atoms with Gasteiger partial charge in [-0.1, -0.05) is 42.5 Å². The van der Waals surface area contributed by atoms with Gasteiger partial charge in [-0.15, -0.1) is 0 Å². The fraction of sp³-hybridized carbons (Fsp3) is 0.462. The number of carbonyl (C=O) groups is 2. The Morgan fingerprint density at radius 2 is 1.69 bits per heavy atom. The van der Waals surface area contributed by atoms with Crippen molar-refractivity contribution in [1.29, 1.82) is 0 Å². The molecule has 2 aromatic rings. The van der Waals surface area contributed by atoms with Crippen LogP contribution in [-0.4, -0.2) is 65.5 Å². The van der Waals surface area contributed by atoms with E-state index < -0.39 is 5.54 Å². The number of urea groups is 1. The molecule has 0 aliphatic carbocycles. The lowest BCUT2D eigenvalue weighted by Crippen LogP contribution is -2.56. The smallest absolute Gasteiger partial charge is 0.327 e. The number of benzene rings is 2. The molecule has 2 fully saturated rings. The molecule has 0 atom stereocenters. The van der Waals surface area contributed by atoms with Gasteiger partial charge in [-0.05, 0) is 55.9 Å². The molecule has 0 radical (unpaired) electrons. The van der Waals surface area contributed by atoms with Crippen LogP contribution in [0.15, 0.2) is 54.6 Å². The van der Waals surface area contributed by atoms with Crippen LogP contribution in [0.3, 0.4) is 0 Å². The van der Waals surface area contributed by atoms with Crippen molar-refractivity contribution in [2.24, 2.45) is 0 Å². The highest BCUT2D eigenvalue weighted by Crippen LogP contribution is 2.37. The summed E-state index contributed by atoms with van der Waals surface area (Å²) < 4.78 is 5.33. The van der Waals surface area contributed by atoms with Crippen LogP contribution in [0.1, 0.15) is 37.3 Å². The molecule has 0 saturated carbocycles. The minimum absolute atomic E-state index is 0.00144. The van der Waals surface area contributed by atoms with Gasteiger partial charge in [-0.25, -0.2) is 4.79 Å². The zero-order valence-corrected chi connectivity index (χ0v) is 19.1. The average Bonchev–Trinajstić information content (AvgIpc) is 3.02. The van der Waals surface area contributed by atoms with E-state index in [9.17, 15) is 9.59 Å². The highest BCUT2D eigenvalue weighted by molar-refractivity contribution is 6.07. The van der Waals surface area contributed by atoms with Gasteiger partial charge in [0.25, 0.3) is 5.91 Å². The van der Waals surface area contributed by atoms with Crippen molar-refractivity contribution in [2.75, 3.05) is 33.3 Å². The molecule has 3 amide bonds. The number of amides is 3. The van der Waals surface area contributed by atoms with Gasteiger partial charge in [0.05, 0.1) is 7.11 Å². The Morgan fingerprint density at radius 1 is 0.969 bits per heavy atom. The van der Waals surface area contributed by atoms with Gasteiger partial charge in [-0.2, -0.15) is 0 Å². The van der Waals surface area contributed by atoms with Crippen LogP contribution >= 0.6 is 0 Å². The van der Waals surface area contributed by atoms with Crippen LogP contribution in [0.4, 0.5) is 4.79 Å². The Hall–Kier alpha value is -2.86. The number of likely N-dealkylation sites (N-methyl/N-ethyl adjacent to an activating group) is 1. The van der Waals surface area contributed by atoms with Crippen molar-refractivity contribution in [3.8, 4) is 5.75 Å². The maximum Gasteiger partial charge on any atom is 0.327 e. The van der Waals surface area contributed by atoms with Crippen molar-refractivity contribution in [3.63, 3.8) is 0 Å². The summed E-state index contributed by atoms with van der Waals surface area (Å²) in [4.78, 5) is 32.3. The quantitative estimate of drug-likeness (QED) is 0.589. The lowest BCUT2D eigenvalue weighted by atomic mass is 9.85. The van der Waals surface area contributed by atoms with Gasteiger partial charge in [0.1, 0.15) is 11.3 Å². The zero-order chi connectivity index (χ0) is 22.6. The number of piperidine rings is 1. The van der Waals surface area contributed by atoms with E-state index in [1.165, 1.54) is 16.0 Å². The molecule has 32 heavy (non-hydrogen) atoms. The van der Waals surface area contributed by atoms with Crippen LogP contribution in [0.2, 0.25) is 0 Å². The molecule has 2 aromatic carbocycles. The molecule has 4 rings (SSSR count). The molecule has 2 saturated heterocycles. The Labute approximate surface area is 190 Å². The largest absolute Gasteiger partial charge is 0.497 e. The number of nitrogens with zero attached hydrogens (tertiary/aromatic N) is 3. The van der Waals surface area contributed by atoms with Crippen LogP contribution in [0.5, 0.6) is 5.75 Å². The number of hydrogen-bond donors (Lipinski definition) is 0. The highest BCUT2D eigenvalue weighted by atomic mass is 16.5. The minimum Gasteiger partial charge on any atom is -0.497 e. The Balaban J connectivity index is 1.38. The summed E-state index contributed by atoms with van der Waals surface area (Å²) in [5.41, 5.74) is 1.76. The van der Waals surface area contributed by atoms with Gasteiger partial charge < -0.3 is 9.64 Å². The summed E-state index contributed by atoms with van der Waals surface area (Å²) >= 11 is 0. The molecule has 0 aromatic heterocycles. The average molecular weight is 436 g/mol. The zero-order valence-electron chi connectivity index (χ0n) is 19.1. The number of hydrogen-bond acceptors (Lipinski definition) is 4. The van der Waals surface area contributed by atoms with Crippen LogP contribution in [0.25, 0.3) is 0 Å². The molecule has 1 spiro atoms. The van der Waals surface area contributed by atoms with E-state index in [0.717, 1.165) is 38.2 Å². The van der Waals surface area contributed by atoms with Crippen molar-refractivity contribution < 1.29 is 14.3 Å². The third kappa shape index (κ3) is 4.37. The predicted octanol–water partition coefficient (Wildman–Crippen LogP) is 3.95. The van der Waals surface area contributed by atoms with Crippen LogP contribution in [-0.2, 0) is 17.8 Å². The normalized spacial score (nSPS) is 18.6. The van der Waals surface area contributed by atoms with Gasteiger partial charge in [0, 0.05) is 32.7 Å². The van der Waals surface area contributed by atoms with E-state index in [4.69, 9.17) is 4.74 Å². The van der Waals surface area contributed by atoms with E-state index >= 15 is 0 Å². The summed E-state index contributed by atoms with van der Waals surface area (Å²) in [6, 6.07) is 18.2. The Bertz CT molecular complexity index is 938. The fourth-order valence-electron chi connectivity index (χ4n) is 5.10. The summed E-state index contributed by atoms with van der Waals surface area (Å²) in [7, 11) is 1.68. The molecule has 2 heterocycles. The van der Waals surface area contributed by atoms with E-state index in [1.807, 2.05) is 42.2 Å². The molecule has 0 bridgehead atoms. The maximum atomic E-state index is 13.5. The maximum absolute atomic E-state index is 13.5. The highest BCUT2D eigenvalue weighted by Gasteiger charge is 2.57. The van der Waals surface area contributed by atoms with Crippen LogP contribution in [0, 0.1) is 0 Å². The van der Waals surface area contributed by atoms with Crippen molar-refractivity contribution in [2.45, 2.75) is 44.7 Å². The van der Waals surface area contributed by atoms with Crippen molar-refractivity contribution >= 4 is 11.9 Å². The monoisotopic (exact) mass is 435 g/mol.